The van der Waals surface area contributed by atoms with Crippen molar-refractivity contribution in [3.05, 3.63) is 63.0 Å². The smallest absolute Gasteiger partial charge is 0.235 e. The summed E-state index contributed by atoms with van der Waals surface area (Å²) in [5.74, 6) is 1.18. The second-order valence-corrected chi connectivity index (χ2v) is 8.56. The molecule has 1 atom stereocenters. The monoisotopic (exact) mass is 444 g/mol. The van der Waals surface area contributed by atoms with Crippen LogP contribution in [0.2, 0.25) is 5.02 Å². The number of rotatable bonds is 7. The lowest BCUT2D eigenvalue weighted by atomic mass is 10.1. The van der Waals surface area contributed by atoms with Crippen LogP contribution in [0.1, 0.15) is 24.0 Å². The summed E-state index contributed by atoms with van der Waals surface area (Å²) in [6, 6.07) is 8.58. The normalized spacial score (nSPS) is 15.4. The number of halogens is 1. The summed E-state index contributed by atoms with van der Waals surface area (Å²) in [7, 11) is 0. The Labute approximate surface area is 185 Å². The standard InChI is InChI=1S/C24H26ClNO5/c1-15-9-19(10-16(2)23(15)25)31-22-14-30-21-11-18(5-6-20(21)24(22)28)29-13-17(27)12-26-7-3-4-8-26/h5-6,9-11,14,17,27H,3-4,7-8,12-13H2,1-2H3/p+1/t17-/m1/s1. The molecule has 7 heteroatoms. The zero-order valence-electron chi connectivity index (χ0n) is 17.7. The lowest BCUT2D eigenvalue weighted by Crippen LogP contribution is -3.11. The third-order valence-corrected chi connectivity index (χ3v) is 6.23. The molecule has 3 aromatic rings. The molecule has 0 amide bonds. The van der Waals surface area contributed by atoms with Crippen molar-refractivity contribution in [3.63, 3.8) is 0 Å². The molecule has 164 valence electrons. The Bertz CT molecular complexity index is 1110. The van der Waals surface area contributed by atoms with Crippen LogP contribution in [0.15, 0.2) is 45.8 Å². The van der Waals surface area contributed by atoms with Crippen molar-refractivity contribution in [3.8, 4) is 17.2 Å². The summed E-state index contributed by atoms with van der Waals surface area (Å²) in [5.41, 5.74) is 1.88. The number of fused-ring (bicyclic) bond motifs is 1. The molecule has 2 heterocycles. The van der Waals surface area contributed by atoms with Crippen molar-refractivity contribution in [2.24, 2.45) is 0 Å². The molecule has 1 aliphatic heterocycles. The van der Waals surface area contributed by atoms with Gasteiger partial charge in [0.25, 0.3) is 0 Å². The first-order valence-electron chi connectivity index (χ1n) is 10.6. The predicted octanol–water partition coefficient (Wildman–Crippen LogP) is 3.27. The van der Waals surface area contributed by atoms with Crippen LogP contribution in [-0.2, 0) is 0 Å². The molecule has 0 saturated carbocycles. The minimum atomic E-state index is -0.530. The van der Waals surface area contributed by atoms with Crippen LogP contribution in [0.3, 0.4) is 0 Å². The van der Waals surface area contributed by atoms with Gasteiger partial charge in [0.1, 0.15) is 42.6 Å². The quantitative estimate of drug-likeness (QED) is 0.585. The molecule has 4 rings (SSSR count). The molecule has 0 bridgehead atoms. The summed E-state index contributed by atoms with van der Waals surface area (Å²) < 4.78 is 17.1. The summed E-state index contributed by atoms with van der Waals surface area (Å²) in [4.78, 5) is 14.3. The minimum absolute atomic E-state index is 0.103. The number of aliphatic hydroxyl groups excluding tert-OH is 1. The van der Waals surface area contributed by atoms with Crippen LogP contribution >= 0.6 is 11.6 Å². The molecule has 0 radical (unpaired) electrons. The molecule has 0 unspecified atom stereocenters. The van der Waals surface area contributed by atoms with Gasteiger partial charge in [-0.25, -0.2) is 0 Å². The number of aliphatic hydroxyl groups is 1. The van der Waals surface area contributed by atoms with E-state index >= 15 is 0 Å². The lowest BCUT2D eigenvalue weighted by molar-refractivity contribution is -0.890. The molecule has 0 aliphatic carbocycles. The van der Waals surface area contributed by atoms with Gasteiger partial charge in [0, 0.05) is 23.9 Å². The van der Waals surface area contributed by atoms with E-state index in [0.29, 0.717) is 34.0 Å². The van der Waals surface area contributed by atoms with Crippen LogP contribution < -0.4 is 19.8 Å². The third-order valence-electron chi connectivity index (χ3n) is 5.63. The summed E-state index contributed by atoms with van der Waals surface area (Å²) in [6.45, 7) is 6.88. The first-order chi connectivity index (χ1) is 14.9. The molecule has 2 aromatic carbocycles. The van der Waals surface area contributed by atoms with Gasteiger partial charge < -0.3 is 23.9 Å². The Morgan fingerprint density at radius 2 is 1.84 bits per heavy atom. The number of benzene rings is 2. The fourth-order valence-electron chi connectivity index (χ4n) is 4.01. The van der Waals surface area contributed by atoms with E-state index in [1.165, 1.54) is 24.0 Å². The van der Waals surface area contributed by atoms with E-state index in [1.807, 2.05) is 13.8 Å². The highest BCUT2D eigenvalue weighted by atomic mass is 35.5. The summed E-state index contributed by atoms with van der Waals surface area (Å²) in [5, 5.41) is 11.3. The highest BCUT2D eigenvalue weighted by Gasteiger charge is 2.20. The molecule has 1 fully saturated rings. The molecule has 1 aliphatic rings. The van der Waals surface area contributed by atoms with Crippen LogP contribution in [0.25, 0.3) is 11.0 Å². The zero-order valence-corrected chi connectivity index (χ0v) is 18.5. The van der Waals surface area contributed by atoms with Gasteiger partial charge in [-0.2, -0.15) is 0 Å². The van der Waals surface area contributed by atoms with E-state index in [0.717, 1.165) is 24.2 Å². The van der Waals surface area contributed by atoms with Gasteiger partial charge >= 0.3 is 0 Å². The number of hydrogen-bond donors (Lipinski definition) is 2. The van der Waals surface area contributed by atoms with E-state index in [4.69, 9.17) is 25.5 Å². The fourth-order valence-corrected chi connectivity index (χ4v) is 4.12. The van der Waals surface area contributed by atoms with E-state index in [2.05, 4.69) is 0 Å². The Kier molecular flexibility index (Phi) is 6.51. The van der Waals surface area contributed by atoms with Crippen molar-refractivity contribution in [2.75, 3.05) is 26.2 Å². The molecule has 6 nitrogen and oxygen atoms in total. The Balaban J connectivity index is 1.47. The largest absolute Gasteiger partial charge is 0.491 e. The first kappa shape index (κ1) is 21.7. The highest BCUT2D eigenvalue weighted by molar-refractivity contribution is 6.32. The number of nitrogens with one attached hydrogen (secondary N) is 1. The van der Waals surface area contributed by atoms with Gasteiger partial charge in [-0.3, -0.25) is 4.79 Å². The first-order valence-corrected chi connectivity index (χ1v) is 10.9. The molecule has 31 heavy (non-hydrogen) atoms. The van der Waals surface area contributed by atoms with Gasteiger partial charge in [0.2, 0.25) is 11.2 Å². The highest BCUT2D eigenvalue weighted by Crippen LogP contribution is 2.29. The molecule has 2 N–H and O–H groups in total. The number of quaternary nitrogens is 1. The molecule has 0 spiro atoms. The molecular formula is C24H27ClNO5+. The minimum Gasteiger partial charge on any atom is -0.491 e. The molecular weight excluding hydrogens is 418 g/mol. The average Bonchev–Trinajstić information content (AvgIpc) is 3.25. The van der Waals surface area contributed by atoms with Crippen molar-refractivity contribution < 1.29 is 23.9 Å². The van der Waals surface area contributed by atoms with Crippen LogP contribution in [0, 0.1) is 13.8 Å². The predicted molar refractivity (Wildman–Crippen MR) is 120 cm³/mol. The van der Waals surface area contributed by atoms with E-state index in [1.54, 1.807) is 30.3 Å². The second kappa shape index (κ2) is 9.30. The zero-order chi connectivity index (χ0) is 22.0. The number of aryl methyl sites for hydroxylation is 2. The SMILES string of the molecule is Cc1cc(Oc2coc3cc(OC[C@H](O)C[NH+]4CCCC4)ccc3c2=O)cc(C)c1Cl. The second-order valence-electron chi connectivity index (χ2n) is 8.19. The lowest BCUT2D eigenvalue weighted by Gasteiger charge is -2.17. The van der Waals surface area contributed by atoms with Gasteiger partial charge in [0.05, 0.1) is 18.5 Å². The van der Waals surface area contributed by atoms with Crippen molar-refractivity contribution in [2.45, 2.75) is 32.8 Å². The van der Waals surface area contributed by atoms with Crippen molar-refractivity contribution in [1.82, 2.24) is 0 Å². The van der Waals surface area contributed by atoms with Gasteiger partial charge in [-0.05, 0) is 49.2 Å². The number of likely N-dealkylation sites (tertiary alicyclic amines) is 1. The maximum absolute atomic E-state index is 12.8. The maximum Gasteiger partial charge on any atom is 0.235 e. The number of ether oxygens (including phenoxy) is 2. The van der Waals surface area contributed by atoms with Gasteiger partial charge in [-0.1, -0.05) is 11.6 Å². The average molecular weight is 445 g/mol. The van der Waals surface area contributed by atoms with Crippen LogP contribution in [0.4, 0.5) is 0 Å². The molecule has 1 aromatic heterocycles. The van der Waals surface area contributed by atoms with Crippen molar-refractivity contribution in [1.29, 1.82) is 0 Å². The van der Waals surface area contributed by atoms with Gasteiger partial charge in [-0.15, -0.1) is 0 Å². The van der Waals surface area contributed by atoms with E-state index in [-0.39, 0.29) is 17.8 Å². The van der Waals surface area contributed by atoms with Crippen LogP contribution in [0.5, 0.6) is 17.2 Å². The summed E-state index contributed by atoms with van der Waals surface area (Å²) in [6.07, 6.45) is 3.21. The van der Waals surface area contributed by atoms with E-state index in [9.17, 15) is 9.90 Å². The Hall–Kier alpha value is -2.54. The fraction of sp³-hybridized carbons (Fsp3) is 0.375. The maximum atomic E-state index is 12.8. The number of hydrogen-bond acceptors (Lipinski definition) is 5. The molecule has 1 saturated heterocycles. The van der Waals surface area contributed by atoms with Gasteiger partial charge in [0.15, 0.2) is 0 Å². The third kappa shape index (κ3) is 5.03. The topological polar surface area (TPSA) is 73.3 Å². The van der Waals surface area contributed by atoms with E-state index < -0.39 is 6.10 Å². The summed E-state index contributed by atoms with van der Waals surface area (Å²) >= 11 is 6.20. The Morgan fingerprint density at radius 1 is 1.13 bits per heavy atom. The van der Waals surface area contributed by atoms with Crippen LogP contribution in [-0.4, -0.2) is 37.5 Å². The Morgan fingerprint density at radius 3 is 2.55 bits per heavy atom. The van der Waals surface area contributed by atoms with Crippen molar-refractivity contribution >= 4 is 22.6 Å².